The molecule has 0 radical (unpaired) electrons. The van der Waals surface area contributed by atoms with Gasteiger partial charge in [0.2, 0.25) is 0 Å². The predicted octanol–water partition coefficient (Wildman–Crippen LogP) is 3.71. The topological polar surface area (TPSA) is 47.3 Å². The highest BCUT2D eigenvalue weighted by Gasteiger charge is 2.35. The number of oxazole rings is 1. The van der Waals surface area contributed by atoms with Gasteiger partial charge in [-0.15, -0.1) is 0 Å². The minimum Gasteiger partial charge on any atom is -0.440 e. The smallest absolute Gasteiger partial charge is 0.420 e. The predicted molar refractivity (Wildman–Crippen MR) is 76.7 cm³/mol. The lowest BCUT2D eigenvalue weighted by Gasteiger charge is -2.10. The summed E-state index contributed by atoms with van der Waals surface area (Å²) in [5, 5.41) is 3.02. The average molecular weight is 316 g/mol. The molecule has 0 aliphatic carbocycles. The van der Waals surface area contributed by atoms with E-state index < -0.39 is 11.7 Å². The van der Waals surface area contributed by atoms with Gasteiger partial charge in [-0.1, -0.05) is 13.8 Å². The lowest BCUT2D eigenvalue weighted by molar-refractivity contribution is -0.136. The van der Waals surface area contributed by atoms with Gasteiger partial charge >= 0.3 is 6.18 Å². The number of ether oxygens (including phenoxy) is 1. The summed E-state index contributed by atoms with van der Waals surface area (Å²) in [5.41, 5.74) is -0.230. The van der Waals surface area contributed by atoms with E-state index in [9.17, 15) is 13.2 Å². The molecule has 0 spiro atoms. The molecule has 7 heteroatoms. The molecule has 1 aromatic carbocycles. The number of aromatic nitrogens is 1. The van der Waals surface area contributed by atoms with Gasteiger partial charge in [-0.05, 0) is 17.7 Å². The summed E-state index contributed by atoms with van der Waals surface area (Å²) in [6, 6.07) is 2.73. The molecular formula is C15H19F3N2O2. The molecule has 2 rings (SSSR count). The van der Waals surface area contributed by atoms with E-state index in [0.29, 0.717) is 31.2 Å². The fourth-order valence-corrected chi connectivity index (χ4v) is 2.07. The van der Waals surface area contributed by atoms with Crippen molar-refractivity contribution in [2.24, 2.45) is 0 Å². The van der Waals surface area contributed by atoms with Crippen LogP contribution in [0.25, 0.3) is 11.1 Å². The highest BCUT2D eigenvalue weighted by Crippen LogP contribution is 2.37. The number of halogens is 3. The number of hydrogen-bond acceptors (Lipinski definition) is 4. The van der Waals surface area contributed by atoms with Crippen LogP contribution in [0.3, 0.4) is 0 Å². The fourth-order valence-electron chi connectivity index (χ4n) is 2.07. The zero-order chi connectivity index (χ0) is 16.3. The highest BCUT2D eigenvalue weighted by atomic mass is 19.4. The Morgan fingerprint density at radius 3 is 2.64 bits per heavy atom. The Kier molecular flexibility index (Phi) is 5.08. The lowest BCUT2D eigenvalue weighted by atomic mass is 10.1. The van der Waals surface area contributed by atoms with Crippen molar-refractivity contribution in [1.29, 1.82) is 0 Å². The Hall–Kier alpha value is -1.60. The van der Waals surface area contributed by atoms with Crippen LogP contribution in [0.15, 0.2) is 16.5 Å². The van der Waals surface area contributed by atoms with Crippen LogP contribution in [-0.4, -0.2) is 25.2 Å². The molecule has 0 aliphatic heterocycles. The molecule has 1 aromatic heterocycles. The van der Waals surface area contributed by atoms with E-state index in [4.69, 9.17) is 9.15 Å². The van der Waals surface area contributed by atoms with Gasteiger partial charge in [0.15, 0.2) is 11.5 Å². The minimum absolute atomic E-state index is 0.0724. The number of benzene rings is 1. The Morgan fingerprint density at radius 1 is 1.32 bits per heavy atom. The van der Waals surface area contributed by atoms with Gasteiger partial charge in [0.05, 0.1) is 6.61 Å². The summed E-state index contributed by atoms with van der Waals surface area (Å²) in [7, 11) is 1.57. The van der Waals surface area contributed by atoms with E-state index >= 15 is 0 Å². The second-order valence-electron chi connectivity index (χ2n) is 5.37. The maximum Gasteiger partial charge on any atom is 0.420 e. The number of nitrogens with zero attached hydrogens (tertiary/aromatic N) is 1. The first-order valence-corrected chi connectivity index (χ1v) is 7.03. The van der Waals surface area contributed by atoms with Crippen molar-refractivity contribution in [3.05, 3.63) is 29.2 Å². The summed E-state index contributed by atoms with van der Waals surface area (Å²) in [6.07, 6.45) is -4.48. The van der Waals surface area contributed by atoms with E-state index in [1.165, 1.54) is 0 Å². The Bertz CT molecular complexity index is 635. The van der Waals surface area contributed by atoms with Gasteiger partial charge in [0.25, 0.3) is 0 Å². The van der Waals surface area contributed by atoms with Gasteiger partial charge in [-0.2, -0.15) is 13.2 Å². The van der Waals surface area contributed by atoms with Crippen LogP contribution in [-0.2, 0) is 17.5 Å². The van der Waals surface area contributed by atoms with Crippen molar-refractivity contribution < 1.29 is 22.3 Å². The molecule has 0 fully saturated rings. The second kappa shape index (κ2) is 6.66. The third-order valence-corrected chi connectivity index (χ3v) is 3.18. The third kappa shape index (κ3) is 3.78. The first-order chi connectivity index (χ1) is 10.3. The standard InChI is InChI=1S/C15H19F3N2O2/c1-9(2)14-20-12-7-10(8-19-4-5-21-3)6-11(13(12)22-14)15(16,17)18/h6-7,9,19H,4-5,8H2,1-3H3. The van der Waals surface area contributed by atoms with E-state index in [2.05, 4.69) is 10.3 Å². The van der Waals surface area contributed by atoms with Crippen LogP contribution in [0.4, 0.5) is 13.2 Å². The van der Waals surface area contributed by atoms with Gasteiger partial charge in [-0.3, -0.25) is 0 Å². The summed E-state index contributed by atoms with van der Waals surface area (Å²) in [5.74, 6) is 0.238. The maximum absolute atomic E-state index is 13.2. The van der Waals surface area contributed by atoms with Crippen molar-refractivity contribution in [3.63, 3.8) is 0 Å². The highest BCUT2D eigenvalue weighted by molar-refractivity contribution is 5.78. The number of fused-ring (bicyclic) bond motifs is 1. The van der Waals surface area contributed by atoms with Gasteiger partial charge in [0, 0.05) is 26.1 Å². The van der Waals surface area contributed by atoms with Gasteiger partial charge < -0.3 is 14.5 Å². The van der Waals surface area contributed by atoms with E-state index in [0.717, 1.165) is 6.07 Å². The monoisotopic (exact) mass is 316 g/mol. The van der Waals surface area contributed by atoms with Crippen molar-refractivity contribution in [2.75, 3.05) is 20.3 Å². The summed E-state index contributed by atoms with van der Waals surface area (Å²) >= 11 is 0. The van der Waals surface area contributed by atoms with E-state index in [1.54, 1.807) is 13.2 Å². The van der Waals surface area contributed by atoms with Crippen LogP contribution in [0, 0.1) is 0 Å². The molecule has 1 N–H and O–H groups in total. The third-order valence-electron chi connectivity index (χ3n) is 3.18. The number of nitrogens with one attached hydrogen (secondary N) is 1. The molecule has 0 saturated carbocycles. The molecule has 2 aromatic rings. The maximum atomic E-state index is 13.2. The molecule has 0 saturated heterocycles. The van der Waals surface area contributed by atoms with Crippen LogP contribution < -0.4 is 5.32 Å². The van der Waals surface area contributed by atoms with Crippen LogP contribution in [0.5, 0.6) is 0 Å². The molecule has 4 nitrogen and oxygen atoms in total. The summed E-state index contributed by atoms with van der Waals surface area (Å²) in [4.78, 5) is 4.17. The van der Waals surface area contributed by atoms with Crippen LogP contribution in [0.2, 0.25) is 0 Å². The molecular weight excluding hydrogens is 297 g/mol. The molecule has 0 bridgehead atoms. The average Bonchev–Trinajstić information content (AvgIpc) is 2.85. The van der Waals surface area contributed by atoms with Gasteiger partial charge in [-0.25, -0.2) is 4.98 Å². The van der Waals surface area contributed by atoms with E-state index in [1.807, 2.05) is 13.8 Å². The van der Waals surface area contributed by atoms with Crippen molar-refractivity contribution in [1.82, 2.24) is 10.3 Å². The molecule has 0 unspecified atom stereocenters. The Balaban J connectivity index is 2.38. The zero-order valence-electron chi connectivity index (χ0n) is 12.8. The summed E-state index contributed by atoms with van der Waals surface area (Å²) < 4.78 is 49.9. The normalized spacial score (nSPS) is 12.5. The second-order valence-corrected chi connectivity index (χ2v) is 5.37. The number of rotatable bonds is 6. The SMILES string of the molecule is COCCNCc1cc(C(F)(F)F)c2oc(C(C)C)nc2c1. The largest absolute Gasteiger partial charge is 0.440 e. The molecule has 1 heterocycles. The van der Waals surface area contributed by atoms with Crippen LogP contribution >= 0.6 is 0 Å². The molecule has 22 heavy (non-hydrogen) atoms. The Labute approximate surface area is 126 Å². The number of methoxy groups -OCH3 is 1. The van der Waals surface area contributed by atoms with Crippen molar-refractivity contribution in [3.8, 4) is 0 Å². The zero-order valence-corrected chi connectivity index (χ0v) is 12.8. The molecule has 0 atom stereocenters. The molecule has 0 aliphatic rings. The first kappa shape index (κ1) is 16.8. The van der Waals surface area contributed by atoms with Crippen LogP contribution in [0.1, 0.15) is 36.8 Å². The van der Waals surface area contributed by atoms with Crippen molar-refractivity contribution in [2.45, 2.75) is 32.5 Å². The minimum atomic E-state index is -4.48. The Morgan fingerprint density at radius 2 is 2.05 bits per heavy atom. The molecule has 122 valence electrons. The van der Waals surface area contributed by atoms with E-state index in [-0.39, 0.29) is 17.0 Å². The summed E-state index contributed by atoms with van der Waals surface area (Å²) in [6.45, 7) is 5.02. The first-order valence-electron chi connectivity index (χ1n) is 7.03. The molecule has 0 amide bonds. The quantitative estimate of drug-likeness (QED) is 0.825. The number of alkyl halides is 3. The lowest BCUT2D eigenvalue weighted by Crippen LogP contribution is -2.19. The fraction of sp³-hybridized carbons (Fsp3) is 0.533. The van der Waals surface area contributed by atoms with Crippen molar-refractivity contribution >= 4 is 11.1 Å². The number of hydrogen-bond donors (Lipinski definition) is 1. The van der Waals surface area contributed by atoms with Gasteiger partial charge in [0.1, 0.15) is 11.1 Å².